The Morgan fingerprint density at radius 1 is 1.17 bits per heavy atom. The molecule has 1 N–H and O–H groups in total. The van der Waals surface area contributed by atoms with E-state index < -0.39 is 15.8 Å². The van der Waals surface area contributed by atoms with Crippen molar-refractivity contribution in [3.8, 4) is 0 Å². The van der Waals surface area contributed by atoms with E-state index in [9.17, 15) is 17.6 Å². The van der Waals surface area contributed by atoms with E-state index in [1.165, 1.54) is 16.4 Å². The molecule has 1 heterocycles. The molecule has 1 aliphatic rings. The highest BCUT2D eigenvalue weighted by Crippen LogP contribution is 2.17. The topological polar surface area (TPSA) is 69.7 Å². The SMILES string of the molecule is CC(C)CNC(=O)CN1CCN(S(=O)(=O)c2ccc(F)cc2)CC1. The molecule has 0 aromatic heterocycles. The van der Waals surface area contributed by atoms with Gasteiger partial charge in [0.2, 0.25) is 15.9 Å². The molecule has 1 aromatic carbocycles. The largest absolute Gasteiger partial charge is 0.355 e. The van der Waals surface area contributed by atoms with Crippen LogP contribution in [0.15, 0.2) is 29.2 Å². The molecule has 6 nitrogen and oxygen atoms in total. The van der Waals surface area contributed by atoms with Crippen LogP contribution in [0.25, 0.3) is 0 Å². The van der Waals surface area contributed by atoms with E-state index >= 15 is 0 Å². The number of benzene rings is 1. The number of hydrogen-bond donors (Lipinski definition) is 1. The van der Waals surface area contributed by atoms with Crippen molar-refractivity contribution >= 4 is 15.9 Å². The molecule has 0 spiro atoms. The van der Waals surface area contributed by atoms with Gasteiger partial charge >= 0.3 is 0 Å². The van der Waals surface area contributed by atoms with Crippen LogP contribution in [0.3, 0.4) is 0 Å². The summed E-state index contributed by atoms with van der Waals surface area (Å²) in [4.78, 5) is 13.9. The third-order valence-corrected chi connectivity index (χ3v) is 5.77. The summed E-state index contributed by atoms with van der Waals surface area (Å²) in [5.41, 5.74) is 0. The van der Waals surface area contributed by atoms with Gasteiger partial charge in [0.25, 0.3) is 0 Å². The Labute approximate surface area is 142 Å². The summed E-state index contributed by atoms with van der Waals surface area (Å²) in [5.74, 6) is -0.114. The molecule has 1 amide bonds. The molecule has 1 saturated heterocycles. The number of hydrogen-bond acceptors (Lipinski definition) is 4. The average Bonchev–Trinajstić information content (AvgIpc) is 2.54. The smallest absolute Gasteiger partial charge is 0.243 e. The van der Waals surface area contributed by atoms with Crippen LogP contribution in [0.4, 0.5) is 4.39 Å². The summed E-state index contributed by atoms with van der Waals surface area (Å²) in [6.07, 6.45) is 0. The van der Waals surface area contributed by atoms with Crippen LogP contribution in [0.5, 0.6) is 0 Å². The van der Waals surface area contributed by atoms with Crippen molar-refractivity contribution in [2.24, 2.45) is 5.92 Å². The first-order valence-electron chi connectivity index (χ1n) is 8.04. The maximum atomic E-state index is 12.9. The van der Waals surface area contributed by atoms with Gasteiger partial charge in [0.1, 0.15) is 5.82 Å². The zero-order chi connectivity index (χ0) is 17.7. The Bertz CT molecular complexity index is 654. The van der Waals surface area contributed by atoms with Crippen LogP contribution in [0, 0.1) is 11.7 Å². The molecule has 8 heteroatoms. The van der Waals surface area contributed by atoms with Gasteiger partial charge in [0.15, 0.2) is 0 Å². The standard InChI is InChI=1S/C16H24FN3O3S/c1-13(2)11-18-16(21)12-19-7-9-20(10-8-19)24(22,23)15-5-3-14(17)4-6-15/h3-6,13H,7-12H2,1-2H3,(H,18,21). The molecule has 0 radical (unpaired) electrons. The Balaban J connectivity index is 1.88. The first-order chi connectivity index (χ1) is 11.3. The molecular formula is C16H24FN3O3S. The lowest BCUT2D eigenvalue weighted by Crippen LogP contribution is -2.51. The van der Waals surface area contributed by atoms with Crippen molar-refractivity contribution in [2.75, 3.05) is 39.3 Å². The normalized spacial score (nSPS) is 17.2. The molecule has 0 bridgehead atoms. The van der Waals surface area contributed by atoms with E-state index in [4.69, 9.17) is 0 Å². The van der Waals surface area contributed by atoms with Crippen LogP contribution in [-0.4, -0.2) is 62.8 Å². The summed E-state index contributed by atoms with van der Waals surface area (Å²) in [5, 5.41) is 2.85. The van der Waals surface area contributed by atoms with Gasteiger partial charge < -0.3 is 5.32 Å². The van der Waals surface area contributed by atoms with E-state index in [0.29, 0.717) is 38.6 Å². The van der Waals surface area contributed by atoms with Gasteiger partial charge in [0, 0.05) is 32.7 Å². The van der Waals surface area contributed by atoms with Gasteiger partial charge in [-0.2, -0.15) is 4.31 Å². The molecule has 1 aliphatic heterocycles. The number of nitrogens with zero attached hydrogens (tertiary/aromatic N) is 2. The summed E-state index contributed by atoms with van der Waals surface area (Å²) in [7, 11) is -3.61. The van der Waals surface area contributed by atoms with Gasteiger partial charge in [-0.05, 0) is 30.2 Å². The zero-order valence-electron chi connectivity index (χ0n) is 14.0. The minimum atomic E-state index is -3.61. The number of piperazine rings is 1. The van der Waals surface area contributed by atoms with Gasteiger partial charge in [-0.3, -0.25) is 9.69 Å². The Hall–Kier alpha value is -1.51. The zero-order valence-corrected chi connectivity index (χ0v) is 14.9. The van der Waals surface area contributed by atoms with Crippen molar-refractivity contribution in [3.05, 3.63) is 30.1 Å². The maximum absolute atomic E-state index is 12.9. The lowest BCUT2D eigenvalue weighted by Gasteiger charge is -2.33. The molecule has 0 saturated carbocycles. The Morgan fingerprint density at radius 2 is 1.75 bits per heavy atom. The lowest BCUT2D eigenvalue weighted by atomic mass is 10.2. The number of halogens is 1. The second-order valence-corrected chi connectivity index (χ2v) is 8.27. The number of rotatable bonds is 6. The summed E-state index contributed by atoms with van der Waals surface area (Å²) >= 11 is 0. The van der Waals surface area contributed by atoms with E-state index in [2.05, 4.69) is 5.32 Å². The molecule has 1 fully saturated rings. The number of carbonyl (C=O) groups is 1. The highest BCUT2D eigenvalue weighted by molar-refractivity contribution is 7.89. The molecule has 0 unspecified atom stereocenters. The lowest BCUT2D eigenvalue weighted by molar-refractivity contribution is -0.122. The van der Waals surface area contributed by atoms with Gasteiger partial charge in [-0.15, -0.1) is 0 Å². The van der Waals surface area contributed by atoms with Crippen molar-refractivity contribution in [1.29, 1.82) is 0 Å². The minimum Gasteiger partial charge on any atom is -0.355 e. The predicted molar refractivity (Wildman–Crippen MR) is 89.4 cm³/mol. The number of sulfonamides is 1. The monoisotopic (exact) mass is 357 g/mol. The van der Waals surface area contributed by atoms with E-state index in [-0.39, 0.29) is 17.3 Å². The molecule has 134 valence electrons. The fourth-order valence-electron chi connectivity index (χ4n) is 2.46. The van der Waals surface area contributed by atoms with Crippen molar-refractivity contribution in [1.82, 2.24) is 14.5 Å². The molecule has 24 heavy (non-hydrogen) atoms. The van der Waals surface area contributed by atoms with Gasteiger partial charge in [-0.25, -0.2) is 12.8 Å². The van der Waals surface area contributed by atoms with E-state index in [0.717, 1.165) is 12.1 Å². The first kappa shape index (κ1) is 18.8. The van der Waals surface area contributed by atoms with E-state index in [1.807, 2.05) is 18.7 Å². The van der Waals surface area contributed by atoms with Gasteiger partial charge in [0.05, 0.1) is 11.4 Å². The molecule has 0 atom stereocenters. The second kappa shape index (κ2) is 8.04. The van der Waals surface area contributed by atoms with Crippen LogP contribution in [-0.2, 0) is 14.8 Å². The fraction of sp³-hybridized carbons (Fsp3) is 0.562. The van der Waals surface area contributed by atoms with Crippen molar-refractivity contribution < 1.29 is 17.6 Å². The molecule has 1 aromatic rings. The van der Waals surface area contributed by atoms with Gasteiger partial charge in [-0.1, -0.05) is 13.8 Å². The van der Waals surface area contributed by atoms with Crippen LogP contribution in [0.1, 0.15) is 13.8 Å². The molecule has 0 aliphatic carbocycles. The van der Waals surface area contributed by atoms with Crippen LogP contribution >= 0.6 is 0 Å². The van der Waals surface area contributed by atoms with Crippen molar-refractivity contribution in [2.45, 2.75) is 18.7 Å². The minimum absolute atomic E-state index is 0.0430. The Kier molecular flexibility index (Phi) is 6.31. The molecule has 2 rings (SSSR count). The predicted octanol–water partition coefficient (Wildman–Crippen LogP) is 0.904. The third kappa shape index (κ3) is 4.99. The van der Waals surface area contributed by atoms with Crippen LogP contribution in [0.2, 0.25) is 0 Å². The summed E-state index contributed by atoms with van der Waals surface area (Å²) < 4.78 is 39.3. The Morgan fingerprint density at radius 3 is 2.29 bits per heavy atom. The highest BCUT2D eigenvalue weighted by atomic mass is 32.2. The fourth-order valence-corrected chi connectivity index (χ4v) is 3.88. The van der Waals surface area contributed by atoms with Crippen molar-refractivity contribution in [3.63, 3.8) is 0 Å². The number of nitrogens with one attached hydrogen (secondary N) is 1. The summed E-state index contributed by atoms with van der Waals surface area (Å²) in [6, 6.07) is 4.83. The average molecular weight is 357 g/mol. The third-order valence-electron chi connectivity index (χ3n) is 3.86. The highest BCUT2D eigenvalue weighted by Gasteiger charge is 2.29. The molecular weight excluding hydrogens is 333 g/mol. The summed E-state index contributed by atoms with van der Waals surface area (Å²) in [6.45, 7) is 6.59. The first-order valence-corrected chi connectivity index (χ1v) is 9.48. The van der Waals surface area contributed by atoms with E-state index in [1.54, 1.807) is 0 Å². The number of carbonyl (C=O) groups excluding carboxylic acids is 1. The quantitative estimate of drug-likeness (QED) is 0.821. The second-order valence-electron chi connectivity index (χ2n) is 6.33. The maximum Gasteiger partial charge on any atom is 0.243 e. The number of amides is 1. The van der Waals surface area contributed by atoms with Crippen LogP contribution < -0.4 is 5.32 Å².